The van der Waals surface area contributed by atoms with Crippen molar-refractivity contribution < 1.29 is 8.78 Å². The summed E-state index contributed by atoms with van der Waals surface area (Å²) in [5.74, 6) is 1.43. The van der Waals surface area contributed by atoms with E-state index < -0.39 is 6.43 Å². The third-order valence-electron chi connectivity index (χ3n) is 2.98. The Hall–Kier alpha value is -1.91. The lowest BCUT2D eigenvalue weighted by atomic mass is 10.1. The van der Waals surface area contributed by atoms with Crippen LogP contribution in [0.2, 0.25) is 0 Å². The average Bonchev–Trinajstić information content (AvgIpc) is 2.66. The summed E-state index contributed by atoms with van der Waals surface area (Å²) in [7, 11) is 1.85. The molecule has 1 aromatic heterocycles. The number of halogens is 2. The van der Waals surface area contributed by atoms with Crippen molar-refractivity contribution in [3.63, 3.8) is 0 Å². The first kappa shape index (κ1) is 12.5. The summed E-state index contributed by atoms with van der Waals surface area (Å²) in [5, 5.41) is 0. The molecule has 0 aliphatic rings. The molecule has 3 nitrogen and oxygen atoms in total. The SMILES string of the molecule is CCc1nc(-c2ccc(C(F)F)cc2)c(N)n1C. The number of nitrogen functional groups attached to an aromatic ring is 1. The third-order valence-corrected chi connectivity index (χ3v) is 2.98. The summed E-state index contributed by atoms with van der Waals surface area (Å²) in [6, 6.07) is 6.05. The largest absolute Gasteiger partial charge is 0.383 e. The molecule has 0 fully saturated rings. The van der Waals surface area contributed by atoms with Gasteiger partial charge in [-0.2, -0.15) is 0 Å². The number of hydrogen-bond acceptors (Lipinski definition) is 2. The monoisotopic (exact) mass is 251 g/mol. The van der Waals surface area contributed by atoms with E-state index in [1.54, 1.807) is 12.1 Å². The molecule has 2 aromatic rings. The van der Waals surface area contributed by atoms with Gasteiger partial charge in [0.2, 0.25) is 0 Å². The van der Waals surface area contributed by atoms with Crippen LogP contribution in [-0.2, 0) is 13.5 Å². The first-order chi connectivity index (χ1) is 8.54. The van der Waals surface area contributed by atoms with Crippen LogP contribution in [0.15, 0.2) is 24.3 Å². The van der Waals surface area contributed by atoms with Crippen molar-refractivity contribution in [3.05, 3.63) is 35.7 Å². The molecule has 0 bridgehead atoms. The van der Waals surface area contributed by atoms with E-state index in [0.717, 1.165) is 17.8 Å². The van der Waals surface area contributed by atoms with Gasteiger partial charge in [0.05, 0.1) is 0 Å². The van der Waals surface area contributed by atoms with E-state index >= 15 is 0 Å². The summed E-state index contributed by atoms with van der Waals surface area (Å²) < 4.78 is 26.7. The first-order valence-electron chi connectivity index (χ1n) is 5.74. The van der Waals surface area contributed by atoms with Crippen molar-refractivity contribution in [1.29, 1.82) is 0 Å². The molecule has 0 atom stereocenters. The average molecular weight is 251 g/mol. The van der Waals surface area contributed by atoms with E-state index in [2.05, 4.69) is 4.98 Å². The fraction of sp³-hybridized carbons (Fsp3) is 0.308. The predicted molar refractivity (Wildman–Crippen MR) is 67.4 cm³/mol. The van der Waals surface area contributed by atoms with Gasteiger partial charge in [-0.3, -0.25) is 0 Å². The summed E-state index contributed by atoms with van der Waals surface area (Å²) >= 11 is 0. The fourth-order valence-corrected chi connectivity index (χ4v) is 1.87. The number of hydrogen-bond donors (Lipinski definition) is 1. The molecule has 0 unspecified atom stereocenters. The molecule has 0 saturated heterocycles. The molecule has 2 rings (SSSR count). The number of anilines is 1. The number of aryl methyl sites for hydroxylation is 1. The van der Waals surface area contributed by atoms with E-state index in [0.29, 0.717) is 11.5 Å². The molecule has 5 heteroatoms. The molecular formula is C13H15F2N3. The Bertz CT molecular complexity index is 544. The molecule has 0 radical (unpaired) electrons. The predicted octanol–water partition coefficient (Wildman–Crippen LogP) is 3.17. The maximum absolute atomic E-state index is 12.5. The van der Waals surface area contributed by atoms with Gasteiger partial charge in [0.25, 0.3) is 6.43 Å². The standard InChI is InChI=1S/C13H15F2N3/c1-3-10-17-11(13(16)18(10)2)8-4-6-9(7-5-8)12(14)15/h4-7,12H,3,16H2,1-2H3. The van der Waals surface area contributed by atoms with E-state index in [4.69, 9.17) is 5.73 Å². The molecular weight excluding hydrogens is 236 g/mol. The van der Waals surface area contributed by atoms with Gasteiger partial charge in [0.1, 0.15) is 17.3 Å². The van der Waals surface area contributed by atoms with Gasteiger partial charge in [0.15, 0.2) is 0 Å². The van der Waals surface area contributed by atoms with Crippen molar-refractivity contribution in [2.24, 2.45) is 7.05 Å². The second-order valence-corrected chi connectivity index (χ2v) is 4.10. The van der Waals surface area contributed by atoms with Gasteiger partial charge in [-0.15, -0.1) is 0 Å². The Morgan fingerprint density at radius 2 is 1.89 bits per heavy atom. The van der Waals surface area contributed by atoms with E-state index in [1.807, 2.05) is 18.5 Å². The number of aromatic nitrogens is 2. The molecule has 1 aromatic carbocycles. The van der Waals surface area contributed by atoms with Crippen LogP contribution >= 0.6 is 0 Å². The van der Waals surface area contributed by atoms with Crippen LogP contribution in [0.4, 0.5) is 14.6 Å². The summed E-state index contributed by atoms with van der Waals surface area (Å²) in [5.41, 5.74) is 7.37. The number of rotatable bonds is 3. The topological polar surface area (TPSA) is 43.8 Å². The lowest BCUT2D eigenvalue weighted by molar-refractivity contribution is 0.151. The summed E-state index contributed by atoms with van der Waals surface area (Å²) in [6.45, 7) is 1.99. The van der Waals surface area contributed by atoms with Gasteiger partial charge in [-0.1, -0.05) is 31.2 Å². The van der Waals surface area contributed by atoms with Crippen LogP contribution < -0.4 is 5.73 Å². The molecule has 0 aliphatic carbocycles. The first-order valence-corrected chi connectivity index (χ1v) is 5.74. The van der Waals surface area contributed by atoms with Gasteiger partial charge in [-0.05, 0) is 0 Å². The van der Waals surface area contributed by atoms with Crippen LogP contribution in [0.5, 0.6) is 0 Å². The molecule has 0 amide bonds. The highest BCUT2D eigenvalue weighted by molar-refractivity contribution is 5.71. The minimum absolute atomic E-state index is 0.00367. The zero-order valence-electron chi connectivity index (χ0n) is 10.3. The van der Waals surface area contributed by atoms with Crippen molar-refractivity contribution in [2.75, 3.05) is 5.73 Å². The number of imidazole rings is 1. The summed E-state index contributed by atoms with van der Waals surface area (Å²) in [6.07, 6.45) is -1.68. The van der Waals surface area contributed by atoms with Gasteiger partial charge < -0.3 is 10.3 Å². The van der Waals surface area contributed by atoms with Crippen molar-refractivity contribution in [2.45, 2.75) is 19.8 Å². The molecule has 96 valence electrons. The zero-order chi connectivity index (χ0) is 13.3. The molecule has 2 N–H and O–H groups in total. The maximum Gasteiger partial charge on any atom is 0.263 e. The Labute approximate surface area is 104 Å². The molecule has 0 saturated carbocycles. The normalized spacial score (nSPS) is 11.2. The highest BCUT2D eigenvalue weighted by atomic mass is 19.3. The highest BCUT2D eigenvalue weighted by Gasteiger charge is 2.13. The quantitative estimate of drug-likeness (QED) is 0.910. The minimum Gasteiger partial charge on any atom is -0.383 e. The second kappa shape index (κ2) is 4.76. The lowest BCUT2D eigenvalue weighted by Gasteiger charge is -2.03. The van der Waals surface area contributed by atoms with Gasteiger partial charge in [-0.25, -0.2) is 13.8 Å². The van der Waals surface area contributed by atoms with Crippen LogP contribution in [0.25, 0.3) is 11.3 Å². The second-order valence-electron chi connectivity index (χ2n) is 4.10. The van der Waals surface area contributed by atoms with E-state index in [9.17, 15) is 8.78 Å². The number of benzene rings is 1. The zero-order valence-corrected chi connectivity index (χ0v) is 10.3. The smallest absolute Gasteiger partial charge is 0.263 e. The fourth-order valence-electron chi connectivity index (χ4n) is 1.87. The Morgan fingerprint density at radius 1 is 1.28 bits per heavy atom. The third kappa shape index (κ3) is 2.08. The van der Waals surface area contributed by atoms with Crippen LogP contribution in [0.3, 0.4) is 0 Å². The molecule has 0 aliphatic heterocycles. The molecule has 18 heavy (non-hydrogen) atoms. The van der Waals surface area contributed by atoms with Crippen molar-refractivity contribution >= 4 is 5.82 Å². The maximum atomic E-state index is 12.5. The van der Waals surface area contributed by atoms with Gasteiger partial charge >= 0.3 is 0 Å². The van der Waals surface area contributed by atoms with Crippen molar-refractivity contribution in [3.8, 4) is 11.3 Å². The highest BCUT2D eigenvalue weighted by Crippen LogP contribution is 2.28. The van der Waals surface area contributed by atoms with Crippen LogP contribution in [0, 0.1) is 0 Å². The van der Waals surface area contributed by atoms with Gasteiger partial charge in [0, 0.05) is 24.6 Å². The number of alkyl halides is 2. The van der Waals surface area contributed by atoms with E-state index in [1.165, 1.54) is 12.1 Å². The number of nitrogens with two attached hydrogens (primary N) is 1. The number of nitrogens with zero attached hydrogens (tertiary/aromatic N) is 2. The van der Waals surface area contributed by atoms with Crippen molar-refractivity contribution in [1.82, 2.24) is 9.55 Å². The Balaban J connectivity index is 2.42. The summed E-state index contributed by atoms with van der Waals surface area (Å²) in [4.78, 5) is 4.42. The lowest BCUT2D eigenvalue weighted by Crippen LogP contribution is -2.00. The van der Waals surface area contributed by atoms with Crippen LogP contribution in [0.1, 0.15) is 24.7 Å². The Morgan fingerprint density at radius 3 is 2.33 bits per heavy atom. The minimum atomic E-state index is -2.45. The van der Waals surface area contributed by atoms with Crippen LogP contribution in [-0.4, -0.2) is 9.55 Å². The van der Waals surface area contributed by atoms with E-state index in [-0.39, 0.29) is 5.56 Å². The molecule has 0 spiro atoms. The molecule has 1 heterocycles. The Kier molecular flexibility index (Phi) is 3.32.